The highest BCUT2D eigenvalue weighted by atomic mass is 16.5. The van der Waals surface area contributed by atoms with Crippen LogP contribution in [0.25, 0.3) is 0 Å². The molecule has 2 rings (SSSR count). The van der Waals surface area contributed by atoms with Crippen LogP contribution in [0, 0.1) is 0 Å². The molecule has 0 atom stereocenters. The van der Waals surface area contributed by atoms with Crippen LogP contribution in [0.5, 0.6) is 5.75 Å². The van der Waals surface area contributed by atoms with Gasteiger partial charge in [-0.2, -0.15) is 0 Å². The monoisotopic (exact) mass is 299 g/mol. The molecule has 0 aliphatic heterocycles. The highest BCUT2D eigenvalue weighted by molar-refractivity contribution is 5.95. The Morgan fingerprint density at radius 2 is 1.86 bits per heavy atom. The molecule has 0 saturated heterocycles. The number of phenolic OH excluding ortho intramolecular Hbond substituents is 1. The summed E-state index contributed by atoms with van der Waals surface area (Å²) in [6, 6.07) is 13.9. The van der Waals surface area contributed by atoms with E-state index in [4.69, 9.17) is 4.74 Å². The molecule has 114 valence electrons. The molecule has 0 saturated carbocycles. The molecule has 0 fully saturated rings. The predicted molar refractivity (Wildman–Crippen MR) is 82.8 cm³/mol. The van der Waals surface area contributed by atoms with E-state index in [9.17, 15) is 14.7 Å². The van der Waals surface area contributed by atoms with Gasteiger partial charge in [0.05, 0.1) is 6.61 Å². The number of nitrogens with one attached hydrogen (secondary N) is 1. The van der Waals surface area contributed by atoms with E-state index in [1.165, 1.54) is 25.1 Å². The van der Waals surface area contributed by atoms with E-state index in [2.05, 4.69) is 5.32 Å². The standard InChI is InChI=1S/C17H17NO4/c1-12(19)18-14-7-8-16(20)15(11-14)17(21)22-10-9-13-5-3-2-4-6-13/h2-8,11,20H,9-10H2,1H3,(H,18,19). The number of carbonyl (C=O) groups is 2. The van der Waals surface area contributed by atoms with Crippen molar-refractivity contribution in [2.75, 3.05) is 11.9 Å². The lowest BCUT2D eigenvalue weighted by Crippen LogP contribution is -2.10. The number of hydrogen-bond acceptors (Lipinski definition) is 4. The first kappa shape index (κ1) is 15.6. The summed E-state index contributed by atoms with van der Waals surface area (Å²) in [5.41, 5.74) is 1.52. The van der Waals surface area contributed by atoms with Gasteiger partial charge in [-0.25, -0.2) is 4.79 Å². The van der Waals surface area contributed by atoms with Crippen LogP contribution >= 0.6 is 0 Å². The van der Waals surface area contributed by atoms with Crippen molar-refractivity contribution in [3.63, 3.8) is 0 Å². The number of amides is 1. The highest BCUT2D eigenvalue weighted by Gasteiger charge is 2.14. The van der Waals surface area contributed by atoms with Crippen LogP contribution < -0.4 is 5.32 Å². The molecular weight excluding hydrogens is 282 g/mol. The molecule has 0 aliphatic carbocycles. The SMILES string of the molecule is CC(=O)Nc1ccc(O)c(C(=O)OCCc2ccccc2)c1. The number of benzene rings is 2. The molecule has 5 heteroatoms. The number of phenols is 1. The molecular formula is C17H17NO4. The minimum absolute atomic E-state index is 0.0271. The second-order valence-electron chi connectivity index (χ2n) is 4.78. The van der Waals surface area contributed by atoms with Gasteiger partial charge in [0.2, 0.25) is 5.91 Å². The first-order chi connectivity index (χ1) is 10.6. The van der Waals surface area contributed by atoms with Crippen molar-refractivity contribution in [2.45, 2.75) is 13.3 Å². The van der Waals surface area contributed by atoms with Gasteiger partial charge in [0.25, 0.3) is 0 Å². The maximum atomic E-state index is 12.0. The zero-order chi connectivity index (χ0) is 15.9. The van der Waals surface area contributed by atoms with Gasteiger partial charge >= 0.3 is 5.97 Å². The van der Waals surface area contributed by atoms with Crippen molar-refractivity contribution in [2.24, 2.45) is 0 Å². The van der Waals surface area contributed by atoms with Crippen LogP contribution in [0.15, 0.2) is 48.5 Å². The van der Waals surface area contributed by atoms with E-state index in [0.29, 0.717) is 12.1 Å². The molecule has 22 heavy (non-hydrogen) atoms. The van der Waals surface area contributed by atoms with E-state index in [1.807, 2.05) is 30.3 Å². The number of rotatable bonds is 5. The van der Waals surface area contributed by atoms with Gasteiger partial charge in [0.15, 0.2) is 0 Å². The summed E-state index contributed by atoms with van der Waals surface area (Å²) in [5.74, 6) is -1.06. The molecule has 2 N–H and O–H groups in total. The second-order valence-corrected chi connectivity index (χ2v) is 4.78. The average Bonchev–Trinajstić information content (AvgIpc) is 2.49. The van der Waals surface area contributed by atoms with Crippen molar-refractivity contribution >= 4 is 17.6 Å². The normalized spacial score (nSPS) is 10.0. The first-order valence-electron chi connectivity index (χ1n) is 6.88. The molecule has 0 aromatic heterocycles. The lowest BCUT2D eigenvalue weighted by Gasteiger charge is -2.09. The largest absolute Gasteiger partial charge is 0.507 e. The fourth-order valence-electron chi connectivity index (χ4n) is 1.96. The number of aromatic hydroxyl groups is 1. The molecule has 0 unspecified atom stereocenters. The zero-order valence-electron chi connectivity index (χ0n) is 12.2. The van der Waals surface area contributed by atoms with Gasteiger partial charge in [-0.1, -0.05) is 30.3 Å². The van der Waals surface area contributed by atoms with Crippen LogP contribution in [0.3, 0.4) is 0 Å². The van der Waals surface area contributed by atoms with Crippen LogP contribution in [0.1, 0.15) is 22.8 Å². The number of hydrogen-bond donors (Lipinski definition) is 2. The minimum Gasteiger partial charge on any atom is -0.507 e. The van der Waals surface area contributed by atoms with E-state index >= 15 is 0 Å². The summed E-state index contributed by atoms with van der Waals surface area (Å²) in [5, 5.41) is 12.3. The number of esters is 1. The Balaban J connectivity index is 1.98. The van der Waals surface area contributed by atoms with Crippen molar-refractivity contribution in [1.82, 2.24) is 0 Å². The van der Waals surface area contributed by atoms with Crippen LogP contribution in [-0.4, -0.2) is 23.6 Å². The molecule has 0 spiro atoms. The van der Waals surface area contributed by atoms with E-state index in [-0.39, 0.29) is 23.8 Å². The molecule has 0 aliphatic rings. The highest BCUT2D eigenvalue weighted by Crippen LogP contribution is 2.22. The Kier molecular flexibility index (Phi) is 5.14. The van der Waals surface area contributed by atoms with Crippen molar-refractivity contribution in [1.29, 1.82) is 0 Å². The van der Waals surface area contributed by atoms with E-state index in [0.717, 1.165) is 5.56 Å². The van der Waals surface area contributed by atoms with Crippen molar-refractivity contribution in [3.8, 4) is 5.75 Å². The number of ether oxygens (including phenoxy) is 1. The topological polar surface area (TPSA) is 75.6 Å². The summed E-state index contributed by atoms with van der Waals surface area (Å²) in [6.07, 6.45) is 0.596. The van der Waals surface area contributed by atoms with Crippen LogP contribution in [0.2, 0.25) is 0 Å². The number of anilines is 1. The predicted octanol–water partition coefficient (Wildman–Crippen LogP) is 2.75. The summed E-state index contributed by atoms with van der Waals surface area (Å²) in [4.78, 5) is 23.0. The van der Waals surface area contributed by atoms with Gasteiger partial charge in [0.1, 0.15) is 11.3 Å². The van der Waals surface area contributed by atoms with Gasteiger partial charge < -0.3 is 15.2 Å². The third-order valence-electron chi connectivity index (χ3n) is 3.00. The van der Waals surface area contributed by atoms with Gasteiger partial charge in [-0.05, 0) is 23.8 Å². The molecule has 2 aromatic carbocycles. The average molecular weight is 299 g/mol. The molecule has 0 radical (unpaired) electrons. The minimum atomic E-state index is -0.624. The third-order valence-corrected chi connectivity index (χ3v) is 3.00. The quantitative estimate of drug-likeness (QED) is 0.657. The summed E-state index contributed by atoms with van der Waals surface area (Å²) in [7, 11) is 0. The Morgan fingerprint density at radius 1 is 1.14 bits per heavy atom. The third kappa shape index (κ3) is 4.34. The summed E-state index contributed by atoms with van der Waals surface area (Å²) in [6.45, 7) is 1.58. The van der Waals surface area contributed by atoms with Crippen LogP contribution in [-0.2, 0) is 16.0 Å². The Morgan fingerprint density at radius 3 is 2.55 bits per heavy atom. The van der Waals surface area contributed by atoms with Crippen molar-refractivity contribution in [3.05, 3.63) is 59.7 Å². The van der Waals surface area contributed by atoms with E-state index in [1.54, 1.807) is 0 Å². The molecule has 5 nitrogen and oxygen atoms in total. The summed E-state index contributed by atoms with van der Waals surface area (Å²) < 4.78 is 5.16. The second kappa shape index (κ2) is 7.26. The summed E-state index contributed by atoms with van der Waals surface area (Å²) >= 11 is 0. The molecule has 0 heterocycles. The fraction of sp³-hybridized carbons (Fsp3) is 0.176. The Labute approximate surface area is 128 Å². The van der Waals surface area contributed by atoms with Crippen LogP contribution in [0.4, 0.5) is 5.69 Å². The molecule has 2 aromatic rings. The Bertz CT molecular complexity index is 668. The Hall–Kier alpha value is -2.82. The number of carbonyl (C=O) groups excluding carboxylic acids is 2. The van der Waals surface area contributed by atoms with Crippen molar-refractivity contribution < 1.29 is 19.4 Å². The maximum absolute atomic E-state index is 12.0. The smallest absolute Gasteiger partial charge is 0.341 e. The molecule has 1 amide bonds. The fourth-order valence-corrected chi connectivity index (χ4v) is 1.96. The van der Waals surface area contributed by atoms with E-state index < -0.39 is 5.97 Å². The van der Waals surface area contributed by atoms with Gasteiger partial charge in [0, 0.05) is 19.0 Å². The maximum Gasteiger partial charge on any atom is 0.341 e. The van der Waals surface area contributed by atoms with Gasteiger partial charge in [-0.15, -0.1) is 0 Å². The zero-order valence-corrected chi connectivity index (χ0v) is 12.2. The molecule has 0 bridgehead atoms. The lowest BCUT2D eigenvalue weighted by molar-refractivity contribution is -0.114. The lowest BCUT2D eigenvalue weighted by atomic mass is 10.1. The first-order valence-corrected chi connectivity index (χ1v) is 6.88. The van der Waals surface area contributed by atoms with Gasteiger partial charge in [-0.3, -0.25) is 4.79 Å².